The summed E-state index contributed by atoms with van der Waals surface area (Å²) in [4.78, 5) is 15.3. The molecule has 0 radical (unpaired) electrons. The van der Waals surface area contributed by atoms with Gasteiger partial charge in [-0.15, -0.1) is 0 Å². The van der Waals surface area contributed by atoms with Crippen LogP contribution in [0.4, 0.5) is 0 Å². The van der Waals surface area contributed by atoms with Crippen LogP contribution >= 0.6 is 0 Å². The minimum atomic E-state index is -0.225. The summed E-state index contributed by atoms with van der Waals surface area (Å²) >= 11 is 0. The minimum Gasteiger partial charge on any atom is -0.469 e. The van der Waals surface area contributed by atoms with Gasteiger partial charge < -0.3 is 13.7 Å². The molecule has 0 bridgehead atoms. The lowest BCUT2D eigenvalue weighted by Gasteiger charge is -2.23. The summed E-state index contributed by atoms with van der Waals surface area (Å²) in [5.41, 5.74) is 2.23. The van der Waals surface area contributed by atoms with E-state index in [9.17, 15) is 4.79 Å². The molecule has 1 amide bonds. The van der Waals surface area contributed by atoms with E-state index in [1.165, 1.54) is 5.56 Å². The highest BCUT2D eigenvalue weighted by atomic mass is 16.3. The van der Waals surface area contributed by atoms with E-state index in [0.29, 0.717) is 13.0 Å². The van der Waals surface area contributed by atoms with Crippen LogP contribution in [-0.4, -0.2) is 23.9 Å². The van der Waals surface area contributed by atoms with Crippen LogP contribution in [0.5, 0.6) is 0 Å². The predicted molar refractivity (Wildman–Crippen MR) is 99.0 cm³/mol. The molecule has 3 aromatic rings. The number of furan rings is 2. The van der Waals surface area contributed by atoms with Gasteiger partial charge in [-0.3, -0.25) is 4.79 Å². The average molecular weight is 349 g/mol. The minimum absolute atomic E-state index is 0.166. The van der Waals surface area contributed by atoms with E-state index in [1.807, 2.05) is 29.2 Å². The van der Waals surface area contributed by atoms with Crippen molar-refractivity contribution in [2.24, 2.45) is 0 Å². The zero-order valence-electron chi connectivity index (χ0n) is 14.9. The molecule has 2 aromatic heterocycles. The number of likely N-dealkylation sites (tertiary alicyclic amines) is 1. The number of hydrogen-bond donors (Lipinski definition) is 0. The summed E-state index contributed by atoms with van der Waals surface area (Å²) in [6, 6.07) is 16.0. The Balaban J connectivity index is 1.55. The van der Waals surface area contributed by atoms with E-state index >= 15 is 0 Å². The van der Waals surface area contributed by atoms with Gasteiger partial charge >= 0.3 is 0 Å². The first-order chi connectivity index (χ1) is 12.7. The first-order valence-corrected chi connectivity index (χ1v) is 9.12. The summed E-state index contributed by atoms with van der Waals surface area (Å²) < 4.78 is 11.1. The number of benzene rings is 1. The van der Waals surface area contributed by atoms with Crippen molar-refractivity contribution in [1.82, 2.24) is 4.90 Å². The maximum atomic E-state index is 13.3. The Morgan fingerprint density at radius 3 is 2.58 bits per heavy atom. The fourth-order valence-corrected chi connectivity index (χ4v) is 3.71. The monoisotopic (exact) mass is 349 g/mol. The molecule has 1 aliphatic rings. The number of rotatable bonds is 5. The Hall–Kier alpha value is -2.75. The van der Waals surface area contributed by atoms with Crippen LogP contribution in [0, 0.1) is 6.92 Å². The third kappa shape index (κ3) is 3.45. The second-order valence-electron chi connectivity index (χ2n) is 7.03. The van der Waals surface area contributed by atoms with Crippen molar-refractivity contribution in [2.45, 2.75) is 31.6 Å². The lowest BCUT2D eigenvalue weighted by Crippen LogP contribution is -2.34. The average Bonchev–Trinajstić information content (AvgIpc) is 3.42. The summed E-state index contributed by atoms with van der Waals surface area (Å²) in [6.45, 7) is 3.54. The highest BCUT2D eigenvalue weighted by Gasteiger charge is 2.33. The van der Waals surface area contributed by atoms with Gasteiger partial charge in [-0.25, -0.2) is 0 Å². The third-order valence-corrected chi connectivity index (χ3v) is 5.21. The Morgan fingerprint density at radius 2 is 1.88 bits per heavy atom. The van der Waals surface area contributed by atoms with Crippen molar-refractivity contribution >= 4 is 5.91 Å². The predicted octanol–water partition coefficient (Wildman–Crippen LogP) is 4.52. The molecule has 4 heteroatoms. The fraction of sp³-hybridized carbons (Fsp3) is 0.318. The van der Waals surface area contributed by atoms with Crippen molar-refractivity contribution < 1.29 is 13.6 Å². The van der Waals surface area contributed by atoms with Crippen LogP contribution in [0.3, 0.4) is 0 Å². The number of carbonyl (C=O) groups is 1. The van der Waals surface area contributed by atoms with Gasteiger partial charge in [0.2, 0.25) is 5.91 Å². The summed E-state index contributed by atoms with van der Waals surface area (Å²) in [7, 11) is 0. The molecular formula is C22H23NO3. The third-order valence-electron chi connectivity index (χ3n) is 5.21. The van der Waals surface area contributed by atoms with Gasteiger partial charge in [0.15, 0.2) is 0 Å². The van der Waals surface area contributed by atoms with E-state index in [2.05, 4.69) is 31.2 Å². The highest BCUT2D eigenvalue weighted by molar-refractivity contribution is 5.84. The molecule has 0 N–H and O–H groups in total. The van der Waals surface area contributed by atoms with Gasteiger partial charge in [0, 0.05) is 25.4 Å². The molecule has 2 atom stereocenters. The molecule has 4 nitrogen and oxygen atoms in total. The second kappa shape index (κ2) is 7.24. The summed E-state index contributed by atoms with van der Waals surface area (Å²) in [5.74, 6) is 2.04. The lowest BCUT2D eigenvalue weighted by molar-refractivity contribution is -0.131. The molecule has 4 rings (SSSR count). The van der Waals surface area contributed by atoms with Crippen LogP contribution < -0.4 is 0 Å². The molecule has 2 unspecified atom stereocenters. The quantitative estimate of drug-likeness (QED) is 0.680. The van der Waals surface area contributed by atoms with Gasteiger partial charge in [0.05, 0.1) is 18.4 Å². The number of amides is 1. The Kier molecular flexibility index (Phi) is 4.65. The smallest absolute Gasteiger partial charge is 0.230 e. The molecule has 1 saturated heterocycles. The van der Waals surface area contributed by atoms with Gasteiger partial charge in [-0.2, -0.15) is 0 Å². The topological polar surface area (TPSA) is 46.6 Å². The normalized spacial score (nSPS) is 18.2. The zero-order valence-corrected chi connectivity index (χ0v) is 14.9. The molecule has 26 heavy (non-hydrogen) atoms. The molecule has 134 valence electrons. The maximum Gasteiger partial charge on any atom is 0.230 e. The molecule has 0 saturated carbocycles. The molecule has 1 aliphatic heterocycles. The van der Waals surface area contributed by atoms with Crippen molar-refractivity contribution in [3.63, 3.8) is 0 Å². The van der Waals surface area contributed by atoms with E-state index in [1.54, 1.807) is 12.5 Å². The van der Waals surface area contributed by atoms with Crippen LogP contribution in [0.1, 0.15) is 40.9 Å². The molecule has 0 spiro atoms. The number of aryl methyl sites for hydroxylation is 1. The maximum absolute atomic E-state index is 13.3. The Bertz CT molecular complexity index is 834. The van der Waals surface area contributed by atoms with Gasteiger partial charge in [0.1, 0.15) is 11.5 Å². The van der Waals surface area contributed by atoms with E-state index in [4.69, 9.17) is 8.83 Å². The lowest BCUT2D eigenvalue weighted by atomic mass is 9.92. The van der Waals surface area contributed by atoms with Crippen LogP contribution in [0.25, 0.3) is 0 Å². The standard InChI is InChI=1S/C22H23NO3/c1-16-6-8-17(9-7-16)20(14-19-4-2-12-25-19)22(24)23-11-10-18(15-23)21-5-3-13-26-21/h2-9,12-13,18,20H,10-11,14-15H2,1H3. The first kappa shape index (κ1) is 16.7. The van der Waals surface area contributed by atoms with Crippen molar-refractivity contribution in [2.75, 3.05) is 13.1 Å². The first-order valence-electron chi connectivity index (χ1n) is 9.12. The van der Waals surface area contributed by atoms with Gasteiger partial charge in [-0.05, 0) is 43.2 Å². The Morgan fingerprint density at radius 1 is 1.12 bits per heavy atom. The number of carbonyl (C=O) groups excluding carboxylic acids is 1. The second-order valence-corrected chi connectivity index (χ2v) is 7.03. The van der Waals surface area contributed by atoms with E-state index in [0.717, 1.165) is 30.0 Å². The highest BCUT2D eigenvalue weighted by Crippen LogP contribution is 2.31. The molecule has 1 aromatic carbocycles. The van der Waals surface area contributed by atoms with Crippen molar-refractivity contribution in [3.8, 4) is 0 Å². The SMILES string of the molecule is Cc1ccc(C(Cc2ccco2)C(=O)N2CCC(c3ccco3)C2)cc1. The largest absolute Gasteiger partial charge is 0.469 e. The molecule has 1 fully saturated rings. The van der Waals surface area contributed by atoms with Crippen LogP contribution in [0.2, 0.25) is 0 Å². The number of hydrogen-bond acceptors (Lipinski definition) is 3. The molecule has 3 heterocycles. The van der Waals surface area contributed by atoms with Crippen LogP contribution in [-0.2, 0) is 11.2 Å². The molecule has 0 aliphatic carbocycles. The summed E-state index contributed by atoms with van der Waals surface area (Å²) in [6.07, 6.45) is 4.89. The van der Waals surface area contributed by atoms with Crippen LogP contribution in [0.15, 0.2) is 69.9 Å². The zero-order chi connectivity index (χ0) is 17.9. The molecular weight excluding hydrogens is 326 g/mol. The summed E-state index contributed by atoms with van der Waals surface area (Å²) in [5, 5.41) is 0. The Labute approximate surface area is 153 Å². The van der Waals surface area contributed by atoms with E-state index < -0.39 is 0 Å². The van der Waals surface area contributed by atoms with Crippen molar-refractivity contribution in [3.05, 3.63) is 83.7 Å². The van der Waals surface area contributed by atoms with E-state index in [-0.39, 0.29) is 17.7 Å². The fourth-order valence-electron chi connectivity index (χ4n) is 3.71. The number of nitrogens with zero attached hydrogens (tertiary/aromatic N) is 1. The van der Waals surface area contributed by atoms with Crippen molar-refractivity contribution in [1.29, 1.82) is 0 Å². The van der Waals surface area contributed by atoms with Gasteiger partial charge in [0.25, 0.3) is 0 Å². The van der Waals surface area contributed by atoms with Gasteiger partial charge in [-0.1, -0.05) is 29.8 Å².